The molecule has 0 aliphatic carbocycles. The van der Waals surface area contributed by atoms with Crippen LogP contribution in [-0.2, 0) is 14.6 Å². The normalized spacial score (nSPS) is 11.6. The minimum absolute atomic E-state index is 0.0157. The molecular formula is C24H24N4O5S3. The average molecular weight is 545 g/mol. The highest BCUT2D eigenvalue weighted by Crippen LogP contribution is 2.30. The van der Waals surface area contributed by atoms with Gasteiger partial charge in [0.25, 0.3) is 5.91 Å². The van der Waals surface area contributed by atoms with Crippen molar-refractivity contribution >= 4 is 50.1 Å². The Balaban J connectivity index is 1.64. The van der Waals surface area contributed by atoms with Gasteiger partial charge in [-0.1, -0.05) is 42.0 Å². The second kappa shape index (κ2) is 12.5. The van der Waals surface area contributed by atoms with Gasteiger partial charge in [0.2, 0.25) is 19.3 Å². The number of anilines is 1. The number of nitrogens with one attached hydrogen (secondary N) is 1. The van der Waals surface area contributed by atoms with Crippen LogP contribution in [0.3, 0.4) is 0 Å². The molecule has 12 heteroatoms. The Labute approximate surface area is 218 Å². The molecule has 1 aromatic heterocycles. The van der Waals surface area contributed by atoms with Crippen molar-refractivity contribution in [2.45, 2.75) is 23.1 Å². The fourth-order valence-corrected chi connectivity index (χ4v) is 5.54. The monoisotopic (exact) mass is 544 g/mol. The van der Waals surface area contributed by atoms with Gasteiger partial charge in [0.15, 0.2) is 11.5 Å². The number of hydrogen-bond donors (Lipinski definition) is 1. The number of methoxy groups -OCH3 is 1. The topological polar surface area (TPSA) is 131 Å². The highest BCUT2D eigenvalue weighted by atomic mass is 32.2. The fraction of sp³-hybridized carbons (Fsp3) is 0.250. The molecule has 2 aromatic carbocycles. The second-order valence-electron chi connectivity index (χ2n) is 7.32. The van der Waals surface area contributed by atoms with E-state index in [4.69, 9.17) is 9.47 Å². The van der Waals surface area contributed by atoms with Crippen LogP contribution in [0.5, 0.6) is 11.5 Å². The summed E-state index contributed by atoms with van der Waals surface area (Å²) in [6, 6.07) is 15.2. The molecule has 1 amide bonds. The van der Waals surface area contributed by atoms with E-state index in [1.807, 2.05) is 13.0 Å². The Morgan fingerprint density at radius 2 is 1.94 bits per heavy atom. The molecule has 3 rings (SSSR count). The van der Waals surface area contributed by atoms with Gasteiger partial charge in [-0.05, 0) is 42.8 Å². The standard InChI is InChI=1S/C24H24N4O5S3/c1-4-36(30,31)24-28-27-23(35-24)26-22(29)18(15-25)13-17-7-10-20(21(14-17)32-3)33-11-12-34-19-8-5-16(2)6-9-19/h5-10,13-14H,4,11-12H2,1-3H3,(H,26,27,29). The summed E-state index contributed by atoms with van der Waals surface area (Å²) in [7, 11) is -2.03. The molecule has 36 heavy (non-hydrogen) atoms. The summed E-state index contributed by atoms with van der Waals surface area (Å²) in [5.74, 6) is 0.883. The molecule has 0 radical (unpaired) electrons. The molecule has 1 N–H and O–H groups in total. The third-order valence-corrected chi connectivity index (χ3v) is 8.76. The largest absolute Gasteiger partial charge is 0.493 e. The van der Waals surface area contributed by atoms with E-state index in [1.165, 1.54) is 25.7 Å². The summed E-state index contributed by atoms with van der Waals surface area (Å²) in [4.78, 5) is 13.7. The van der Waals surface area contributed by atoms with E-state index in [0.29, 0.717) is 23.7 Å². The summed E-state index contributed by atoms with van der Waals surface area (Å²) in [5, 5.41) is 19.1. The lowest BCUT2D eigenvalue weighted by Crippen LogP contribution is -2.13. The Morgan fingerprint density at radius 1 is 1.19 bits per heavy atom. The number of nitrogens with zero attached hydrogens (tertiary/aromatic N) is 3. The van der Waals surface area contributed by atoms with E-state index < -0.39 is 15.7 Å². The van der Waals surface area contributed by atoms with E-state index >= 15 is 0 Å². The van der Waals surface area contributed by atoms with E-state index in [0.717, 1.165) is 22.0 Å². The number of amides is 1. The first kappa shape index (κ1) is 27.2. The summed E-state index contributed by atoms with van der Waals surface area (Å²) in [6.45, 7) is 4.00. The predicted octanol–water partition coefficient (Wildman–Crippen LogP) is 4.37. The van der Waals surface area contributed by atoms with E-state index in [9.17, 15) is 18.5 Å². The summed E-state index contributed by atoms with van der Waals surface area (Å²) in [5.41, 5.74) is 1.56. The molecule has 0 spiro atoms. The molecular weight excluding hydrogens is 520 g/mol. The zero-order valence-electron chi connectivity index (χ0n) is 19.8. The van der Waals surface area contributed by atoms with Gasteiger partial charge in [0, 0.05) is 10.6 Å². The van der Waals surface area contributed by atoms with Crippen LogP contribution in [0.15, 0.2) is 57.3 Å². The van der Waals surface area contributed by atoms with Crippen molar-refractivity contribution in [3.63, 3.8) is 0 Å². The quantitative estimate of drug-likeness (QED) is 0.123. The Bertz CT molecular complexity index is 1390. The summed E-state index contributed by atoms with van der Waals surface area (Å²) >= 11 is 2.41. The average Bonchev–Trinajstić information content (AvgIpc) is 3.36. The smallest absolute Gasteiger partial charge is 0.268 e. The van der Waals surface area contributed by atoms with Gasteiger partial charge in [0.1, 0.15) is 11.6 Å². The van der Waals surface area contributed by atoms with Crippen LogP contribution >= 0.6 is 23.1 Å². The van der Waals surface area contributed by atoms with Crippen molar-refractivity contribution < 1.29 is 22.7 Å². The lowest BCUT2D eigenvalue weighted by molar-refractivity contribution is -0.112. The molecule has 0 atom stereocenters. The van der Waals surface area contributed by atoms with E-state index in [1.54, 1.807) is 30.0 Å². The Hall–Kier alpha value is -3.40. The SMILES string of the molecule is CCS(=O)(=O)c1nnc(NC(=O)C(C#N)=Cc2ccc(OCCSc3ccc(C)cc3)c(OC)c2)s1. The maximum absolute atomic E-state index is 12.5. The van der Waals surface area contributed by atoms with Crippen LogP contribution in [0.4, 0.5) is 5.13 Å². The molecule has 0 saturated heterocycles. The van der Waals surface area contributed by atoms with Crippen molar-refractivity contribution in [3.05, 3.63) is 59.2 Å². The zero-order chi connectivity index (χ0) is 26.1. The predicted molar refractivity (Wildman–Crippen MR) is 140 cm³/mol. The first-order chi connectivity index (χ1) is 17.2. The van der Waals surface area contributed by atoms with Gasteiger partial charge in [0.05, 0.1) is 19.5 Å². The van der Waals surface area contributed by atoms with Gasteiger partial charge in [-0.3, -0.25) is 10.1 Å². The lowest BCUT2D eigenvalue weighted by Gasteiger charge is -2.11. The van der Waals surface area contributed by atoms with Crippen molar-refractivity contribution in [1.82, 2.24) is 10.2 Å². The van der Waals surface area contributed by atoms with Gasteiger partial charge in [-0.15, -0.1) is 22.0 Å². The van der Waals surface area contributed by atoms with Crippen molar-refractivity contribution in [2.75, 3.05) is 30.5 Å². The van der Waals surface area contributed by atoms with Crippen LogP contribution in [-0.4, -0.2) is 49.7 Å². The number of rotatable bonds is 11. The highest BCUT2D eigenvalue weighted by molar-refractivity contribution is 7.99. The number of carbonyl (C=O) groups excluding carboxylic acids is 1. The third kappa shape index (κ3) is 7.30. The van der Waals surface area contributed by atoms with Gasteiger partial charge in [-0.25, -0.2) is 8.42 Å². The highest BCUT2D eigenvalue weighted by Gasteiger charge is 2.20. The molecule has 0 bridgehead atoms. The third-order valence-electron chi connectivity index (χ3n) is 4.77. The first-order valence-electron chi connectivity index (χ1n) is 10.8. The Kier molecular flexibility index (Phi) is 9.46. The number of benzene rings is 2. The van der Waals surface area contributed by atoms with Gasteiger partial charge >= 0.3 is 0 Å². The van der Waals surface area contributed by atoms with Crippen molar-refractivity contribution in [2.24, 2.45) is 0 Å². The van der Waals surface area contributed by atoms with Crippen LogP contribution in [0, 0.1) is 18.3 Å². The molecule has 1 heterocycles. The zero-order valence-corrected chi connectivity index (χ0v) is 22.3. The van der Waals surface area contributed by atoms with E-state index in [2.05, 4.69) is 39.8 Å². The number of thioether (sulfide) groups is 1. The minimum atomic E-state index is -3.54. The molecule has 0 fully saturated rings. The van der Waals surface area contributed by atoms with Crippen LogP contribution in [0.25, 0.3) is 6.08 Å². The van der Waals surface area contributed by atoms with Gasteiger partial charge < -0.3 is 9.47 Å². The number of aromatic nitrogens is 2. The van der Waals surface area contributed by atoms with E-state index in [-0.39, 0.29) is 20.8 Å². The number of sulfone groups is 1. The van der Waals surface area contributed by atoms with Crippen LogP contribution in [0.2, 0.25) is 0 Å². The fourth-order valence-electron chi connectivity index (χ4n) is 2.83. The number of hydrogen-bond acceptors (Lipinski definition) is 10. The number of carbonyl (C=O) groups is 1. The molecule has 188 valence electrons. The maximum Gasteiger partial charge on any atom is 0.268 e. The molecule has 0 aliphatic heterocycles. The first-order valence-corrected chi connectivity index (χ1v) is 14.2. The summed E-state index contributed by atoms with van der Waals surface area (Å²) < 4.78 is 34.8. The molecule has 0 saturated carbocycles. The number of aryl methyl sites for hydroxylation is 1. The molecule has 0 aliphatic rings. The van der Waals surface area contributed by atoms with Gasteiger partial charge in [-0.2, -0.15) is 5.26 Å². The van der Waals surface area contributed by atoms with Crippen molar-refractivity contribution in [3.8, 4) is 17.6 Å². The molecule has 0 unspecified atom stereocenters. The lowest BCUT2D eigenvalue weighted by atomic mass is 10.1. The molecule has 3 aromatic rings. The molecule has 9 nitrogen and oxygen atoms in total. The number of ether oxygens (including phenoxy) is 2. The summed E-state index contributed by atoms with van der Waals surface area (Å²) in [6.07, 6.45) is 1.39. The van der Waals surface area contributed by atoms with Crippen LogP contribution < -0.4 is 14.8 Å². The Morgan fingerprint density at radius 3 is 2.61 bits per heavy atom. The second-order valence-corrected chi connectivity index (χ2v) is 11.9. The van der Waals surface area contributed by atoms with Crippen molar-refractivity contribution in [1.29, 1.82) is 5.26 Å². The number of nitriles is 1. The van der Waals surface area contributed by atoms with Crippen LogP contribution in [0.1, 0.15) is 18.1 Å². The maximum atomic E-state index is 12.5. The minimum Gasteiger partial charge on any atom is -0.493 e.